The third kappa shape index (κ3) is 3.78. The molecule has 0 aliphatic rings. The van der Waals surface area contributed by atoms with Gasteiger partial charge in [0.25, 0.3) is 5.91 Å². The highest BCUT2D eigenvalue weighted by molar-refractivity contribution is 6.01. The number of carbonyl (C=O) groups excluding carboxylic acids is 1. The summed E-state index contributed by atoms with van der Waals surface area (Å²) in [5, 5.41) is 8.54. The zero-order chi connectivity index (χ0) is 23.7. The molecule has 1 N–H and O–H groups in total. The van der Waals surface area contributed by atoms with E-state index in [2.05, 4.69) is 33.3 Å². The van der Waals surface area contributed by atoms with Crippen LogP contribution < -0.4 is 5.32 Å². The molecule has 5 rings (SSSR count). The molecule has 0 saturated heterocycles. The molecule has 6 nitrogen and oxygen atoms in total. The molecule has 6 heteroatoms. The maximum Gasteiger partial charge on any atom is 0.257 e. The highest BCUT2D eigenvalue weighted by Gasteiger charge is 2.22. The monoisotopic (exact) mass is 445 g/mol. The second kappa shape index (κ2) is 8.80. The Bertz CT molecular complexity index is 1590. The van der Waals surface area contributed by atoms with E-state index in [0.29, 0.717) is 16.9 Å². The molecule has 2 aromatic carbocycles. The van der Waals surface area contributed by atoms with Crippen LogP contribution in [0.5, 0.6) is 0 Å². The smallest absolute Gasteiger partial charge is 0.257 e. The van der Waals surface area contributed by atoms with Crippen LogP contribution in [0.4, 0.5) is 0 Å². The van der Waals surface area contributed by atoms with Gasteiger partial charge in [-0.3, -0.25) is 4.79 Å². The van der Waals surface area contributed by atoms with Gasteiger partial charge in [-0.15, -0.1) is 5.92 Å². The summed E-state index contributed by atoms with van der Waals surface area (Å²) >= 11 is 0. The lowest BCUT2D eigenvalue weighted by Gasteiger charge is -2.19. The Hall–Kier alpha value is -4.50. The Labute approximate surface area is 197 Å². The normalized spacial score (nSPS) is 11.7. The molecule has 0 bridgehead atoms. The summed E-state index contributed by atoms with van der Waals surface area (Å²) in [6.07, 6.45) is 3.45. The number of fused-ring (bicyclic) bond motifs is 2. The van der Waals surface area contributed by atoms with Gasteiger partial charge < -0.3 is 5.32 Å². The summed E-state index contributed by atoms with van der Waals surface area (Å²) in [6, 6.07) is 19.6. The van der Waals surface area contributed by atoms with Crippen LogP contribution in [0.25, 0.3) is 27.8 Å². The Balaban J connectivity index is 1.61. The van der Waals surface area contributed by atoms with Gasteiger partial charge >= 0.3 is 0 Å². The van der Waals surface area contributed by atoms with Crippen molar-refractivity contribution in [3.8, 4) is 23.1 Å². The lowest BCUT2D eigenvalue weighted by molar-refractivity contribution is 0.0941. The van der Waals surface area contributed by atoms with Crippen molar-refractivity contribution < 1.29 is 4.79 Å². The average molecular weight is 446 g/mol. The quantitative estimate of drug-likeness (QED) is 0.390. The molecule has 3 heterocycles. The maximum atomic E-state index is 13.3. The van der Waals surface area contributed by atoms with Crippen LogP contribution in [-0.4, -0.2) is 25.5 Å². The Kier molecular flexibility index (Phi) is 5.52. The number of hydrogen-bond acceptors (Lipinski definition) is 4. The zero-order valence-corrected chi connectivity index (χ0v) is 19.2. The van der Waals surface area contributed by atoms with E-state index in [1.807, 2.05) is 69.3 Å². The third-order valence-electron chi connectivity index (χ3n) is 5.79. The van der Waals surface area contributed by atoms with Crippen molar-refractivity contribution in [1.82, 2.24) is 24.9 Å². The zero-order valence-electron chi connectivity index (χ0n) is 19.2. The fourth-order valence-corrected chi connectivity index (χ4v) is 4.22. The van der Waals surface area contributed by atoms with Crippen molar-refractivity contribution >= 4 is 22.5 Å². The number of aryl methyl sites for hydroxylation is 1. The fourth-order valence-electron chi connectivity index (χ4n) is 4.22. The van der Waals surface area contributed by atoms with Gasteiger partial charge in [-0.25, -0.2) is 14.5 Å². The van der Waals surface area contributed by atoms with Crippen molar-refractivity contribution in [3.05, 3.63) is 95.4 Å². The summed E-state index contributed by atoms with van der Waals surface area (Å²) in [7, 11) is 0. The number of carbonyl (C=O) groups is 1. The first kappa shape index (κ1) is 21.4. The Morgan fingerprint density at radius 1 is 1.09 bits per heavy atom. The highest BCUT2D eigenvalue weighted by atomic mass is 16.1. The molecule has 1 atom stereocenters. The van der Waals surface area contributed by atoms with E-state index >= 15 is 0 Å². The standard InChI is InChI=1S/C28H23N5O/c1-4-10-20-13-8-14-22-17-23(26(31-25(20)22)21-11-6-5-7-12-21)18(2)30-28(34)24-19(3)32-33-16-9-15-29-27(24)33/h5-9,11-18H,1-3H3,(H,30,34)/t18-/m1/s1. The predicted octanol–water partition coefficient (Wildman–Crippen LogP) is 5.12. The molecular weight excluding hydrogens is 422 g/mol. The lowest BCUT2D eigenvalue weighted by atomic mass is 9.97. The molecular formula is C28H23N5O. The van der Waals surface area contributed by atoms with Gasteiger partial charge in [-0.05, 0) is 39.0 Å². The minimum atomic E-state index is -0.307. The summed E-state index contributed by atoms with van der Waals surface area (Å²) in [6.45, 7) is 5.61. The van der Waals surface area contributed by atoms with Crippen LogP contribution in [-0.2, 0) is 0 Å². The minimum Gasteiger partial charge on any atom is -0.345 e. The van der Waals surface area contributed by atoms with E-state index in [4.69, 9.17) is 4.98 Å². The SMILES string of the molecule is CC#Cc1cccc2cc([C@@H](C)NC(=O)c3c(C)nn4cccnc34)c(-c3ccccc3)nc12. The second-order valence-electron chi connectivity index (χ2n) is 8.09. The number of aromatic nitrogens is 4. The van der Waals surface area contributed by atoms with Gasteiger partial charge in [-0.1, -0.05) is 48.4 Å². The van der Waals surface area contributed by atoms with Crippen molar-refractivity contribution in [2.45, 2.75) is 26.8 Å². The van der Waals surface area contributed by atoms with Gasteiger partial charge in [0, 0.05) is 28.9 Å². The number of rotatable bonds is 4. The number of hydrogen-bond donors (Lipinski definition) is 1. The van der Waals surface area contributed by atoms with Gasteiger partial charge in [0.1, 0.15) is 5.56 Å². The molecule has 166 valence electrons. The van der Waals surface area contributed by atoms with E-state index in [1.165, 1.54) is 0 Å². The highest BCUT2D eigenvalue weighted by Crippen LogP contribution is 2.31. The number of para-hydroxylation sites is 1. The molecule has 0 spiro atoms. The largest absolute Gasteiger partial charge is 0.345 e. The van der Waals surface area contributed by atoms with Gasteiger partial charge in [0.15, 0.2) is 5.65 Å². The average Bonchev–Trinajstić information content (AvgIpc) is 3.20. The third-order valence-corrected chi connectivity index (χ3v) is 5.79. The number of amides is 1. The van der Waals surface area contributed by atoms with Crippen molar-refractivity contribution in [1.29, 1.82) is 0 Å². The molecule has 0 aliphatic carbocycles. The first-order chi connectivity index (χ1) is 16.6. The van der Waals surface area contributed by atoms with Crippen molar-refractivity contribution in [2.24, 2.45) is 0 Å². The number of benzene rings is 2. The lowest BCUT2D eigenvalue weighted by Crippen LogP contribution is -2.27. The topological polar surface area (TPSA) is 72.2 Å². The van der Waals surface area contributed by atoms with Crippen LogP contribution in [0, 0.1) is 18.8 Å². The van der Waals surface area contributed by atoms with Crippen LogP contribution in [0.15, 0.2) is 73.1 Å². The van der Waals surface area contributed by atoms with Crippen LogP contribution >= 0.6 is 0 Å². The van der Waals surface area contributed by atoms with E-state index in [-0.39, 0.29) is 11.9 Å². The van der Waals surface area contributed by atoms with E-state index < -0.39 is 0 Å². The van der Waals surface area contributed by atoms with Gasteiger partial charge in [-0.2, -0.15) is 5.10 Å². The Morgan fingerprint density at radius 2 is 1.91 bits per heavy atom. The fraction of sp³-hybridized carbons (Fsp3) is 0.143. The summed E-state index contributed by atoms with van der Waals surface area (Å²) in [5.74, 6) is 5.91. The molecule has 0 radical (unpaired) electrons. The molecule has 1 amide bonds. The maximum absolute atomic E-state index is 13.3. The number of nitrogens with one attached hydrogen (secondary N) is 1. The van der Waals surface area contributed by atoms with E-state index in [1.54, 1.807) is 23.0 Å². The van der Waals surface area contributed by atoms with Crippen molar-refractivity contribution in [3.63, 3.8) is 0 Å². The molecule has 0 saturated carbocycles. The van der Waals surface area contributed by atoms with E-state index in [0.717, 1.165) is 33.3 Å². The van der Waals surface area contributed by atoms with Crippen molar-refractivity contribution in [2.75, 3.05) is 0 Å². The van der Waals surface area contributed by atoms with Crippen LogP contribution in [0.3, 0.4) is 0 Å². The summed E-state index contributed by atoms with van der Waals surface area (Å²) in [4.78, 5) is 22.7. The second-order valence-corrected chi connectivity index (χ2v) is 8.09. The molecule has 3 aromatic heterocycles. The van der Waals surface area contributed by atoms with Crippen LogP contribution in [0.2, 0.25) is 0 Å². The number of nitrogens with zero attached hydrogens (tertiary/aromatic N) is 4. The van der Waals surface area contributed by atoms with Crippen LogP contribution in [0.1, 0.15) is 47.1 Å². The molecule has 0 aliphatic heterocycles. The minimum absolute atomic E-state index is 0.219. The molecule has 5 aromatic rings. The Morgan fingerprint density at radius 3 is 2.71 bits per heavy atom. The van der Waals surface area contributed by atoms with E-state index in [9.17, 15) is 4.79 Å². The summed E-state index contributed by atoms with van der Waals surface area (Å²) in [5.41, 5.74) is 6.10. The van der Waals surface area contributed by atoms with Gasteiger partial charge in [0.05, 0.1) is 28.5 Å². The summed E-state index contributed by atoms with van der Waals surface area (Å²) < 4.78 is 1.62. The first-order valence-electron chi connectivity index (χ1n) is 11.1. The van der Waals surface area contributed by atoms with Gasteiger partial charge in [0.2, 0.25) is 0 Å². The molecule has 0 fully saturated rings. The predicted molar refractivity (Wildman–Crippen MR) is 133 cm³/mol. The molecule has 0 unspecified atom stereocenters. The first-order valence-corrected chi connectivity index (χ1v) is 11.1. The molecule has 34 heavy (non-hydrogen) atoms. The number of pyridine rings is 1.